The van der Waals surface area contributed by atoms with E-state index in [2.05, 4.69) is 10.6 Å². The molecule has 2 aromatic rings. The lowest BCUT2D eigenvalue weighted by Gasteiger charge is -2.13. The van der Waals surface area contributed by atoms with Crippen molar-refractivity contribution in [2.45, 2.75) is 19.8 Å². The Balaban J connectivity index is 1.58. The second kappa shape index (κ2) is 8.53. The summed E-state index contributed by atoms with van der Waals surface area (Å²) in [6, 6.07) is 14.8. The van der Waals surface area contributed by atoms with Crippen LogP contribution in [0.3, 0.4) is 0 Å². The minimum Gasteiger partial charge on any atom is -0.494 e. The first-order valence-corrected chi connectivity index (χ1v) is 8.75. The Labute approximate surface area is 148 Å². The van der Waals surface area contributed by atoms with Crippen LogP contribution in [0.15, 0.2) is 48.5 Å². The van der Waals surface area contributed by atoms with Crippen LogP contribution in [0, 0.1) is 5.92 Å². The number of amides is 1. The van der Waals surface area contributed by atoms with E-state index < -0.39 is 0 Å². The number of carbonyl (C=O) groups is 1. The van der Waals surface area contributed by atoms with Crippen LogP contribution in [0.1, 0.15) is 19.8 Å². The van der Waals surface area contributed by atoms with Crippen molar-refractivity contribution in [1.82, 2.24) is 5.32 Å². The van der Waals surface area contributed by atoms with Crippen LogP contribution in [-0.2, 0) is 4.79 Å². The average Bonchev–Trinajstić information content (AvgIpc) is 3.43. The number of hydrogen-bond acceptors (Lipinski definition) is 4. The predicted octanol–water partition coefficient (Wildman–Crippen LogP) is 3.82. The van der Waals surface area contributed by atoms with Gasteiger partial charge in [0.2, 0.25) is 5.91 Å². The Kier molecular flexibility index (Phi) is 5.90. The molecule has 0 radical (unpaired) electrons. The molecule has 0 aliphatic heterocycles. The minimum absolute atomic E-state index is 0.0663. The maximum absolute atomic E-state index is 12.1. The largest absolute Gasteiger partial charge is 0.494 e. The van der Waals surface area contributed by atoms with Crippen LogP contribution in [-0.4, -0.2) is 25.6 Å². The molecule has 25 heavy (non-hydrogen) atoms. The van der Waals surface area contributed by atoms with E-state index in [1.807, 2.05) is 55.5 Å². The van der Waals surface area contributed by atoms with Gasteiger partial charge in [-0.2, -0.15) is 0 Å². The summed E-state index contributed by atoms with van der Waals surface area (Å²) in [5.74, 6) is 2.80. The maximum atomic E-state index is 12.1. The Morgan fingerprint density at radius 3 is 2.52 bits per heavy atom. The quantitative estimate of drug-likeness (QED) is 0.729. The standard InChI is InChI=1S/C20H24N2O3/c1-2-24-16-9-11-17(12-10-16)25-19-6-4-3-5-18(19)22-20(23)14-21-13-15-7-8-15/h3-6,9-12,15,21H,2,7-8,13-14H2,1H3,(H,22,23). The Bertz CT molecular complexity index is 696. The molecule has 1 amide bonds. The van der Waals surface area contributed by atoms with Crippen molar-refractivity contribution in [3.05, 3.63) is 48.5 Å². The van der Waals surface area contributed by atoms with Crippen molar-refractivity contribution in [2.75, 3.05) is 25.0 Å². The lowest BCUT2D eigenvalue weighted by Crippen LogP contribution is -2.29. The summed E-state index contributed by atoms with van der Waals surface area (Å²) in [6.07, 6.45) is 2.54. The van der Waals surface area contributed by atoms with Crippen molar-refractivity contribution in [3.63, 3.8) is 0 Å². The van der Waals surface area contributed by atoms with E-state index in [-0.39, 0.29) is 5.91 Å². The van der Waals surface area contributed by atoms with Crippen molar-refractivity contribution in [2.24, 2.45) is 5.92 Å². The van der Waals surface area contributed by atoms with Gasteiger partial charge in [0, 0.05) is 0 Å². The molecule has 1 saturated carbocycles. The summed E-state index contributed by atoms with van der Waals surface area (Å²) < 4.78 is 11.3. The average molecular weight is 340 g/mol. The van der Waals surface area contributed by atoms with Gasteiger partial charge in [-0.15, -0.1) is 0 Å². The van der Waals surface area contributed by atoms with Crippen LogP contribution < -0.4 is 20.1 Å². The highest BCUT2D eigenvalue weighted by atomic mass is 16.5. The van der Waals surface area contributed by atoms with E-state index in [4.69, 9.17) is 9.47 Å². The topological polar surface area (TPSA) is 59.6 Å². The van der Waals surface area contributed by atoms with E-state index >= 15 is 0 Å². The SMILES string of the molecule is CCOc1ccc(Oc2ccccc2NC(=O)CNCC2CC2)cc1. The van der Waals surface area contributed by atoms with Gasteiger partial charge in [-0.1, -0.05) is 12.1 Å². The van der Waals surface area contributed by atoms with E-state index in [9.17, 15) is 4.79 Å². The molecule has 0 heterocycles. The first-order valence-electron chi connectivity index (χ1n) is 8.75. The van der Waals surface area contributed by atoms with Crippen LogP contribution in [0.25, 0.3) is 0 Å². The Hall–Kier alpha value is -2.53. The third kappa shape index (κ3) is 5.50. The van der Waals surface area contributed by atoms with Gasteiger partial charge in [-0.05, 0) is 68.6 Å². The monoisotopic (exact) mass is 340 g/mol. The Morgan fingerprint density at radius 2 is 1.80 bits per heavy atom. The molecule has 0 bridgehead atoms. The van der Waals surface area contributed by atoms with Gasteiger partial charge in [0.25, 0.3) is 0 Å². The molecule has 2 N–H and O–H groups in total. The summed E-state index contributed by atoms with van der Waals surface area (Å²) in [6.45, 7) is 3.80. The number of para-hydroxylation sites is 2. The Morgan fingerprint density at radius 1 is 1.08 bits per heavy atom. The van der Waals surface area contributed by atoms with Gasteiger partial charge in [0.15, 0.2) is 5.75 Å². The van der Waals surface area contributed by atoms with E-state index in [0.717, 1.165) is 18.2 Å². The summed E-state index contributed by atoms with van der Waals surface area (Å²) in [4.78, 5) is 12.1. The highest BCUT2D eigenvalue weighted by molar-refractivity contribution is 5.93. The number of carbonyl (C=O) groups excluding carboxylic acids is 1. The zero-order chi connectivity index (χ0) is 17.5. The van der Waals surface area contributed by atoms with Crippen molar-refractivity contribution >= 4 is 11.6 Å². The third-order valence-corrected chi connectivity index (χ3v) is 3.94. The highest BCUT2D eigenvalue weighted by Crippen LogP contribution is 2.30. The number of ether oxygens (including phenoxy) is 2. The molecule has 0 saturated heterocycles. The molecular formula is C20H24N2O3. The summed E-state index contributed by atoms with van der Waals surface area (Å²) in [5, 5.41) is 6.09. The highest BCUT2D eigenvalue weighted by Gasteiger charge is 2.20. The van der Waals surface area contributed by atoms with Gasteiger partial charge >= 0.3 is 0 Å². The summed E-state index contributed by atoms with van der Waals surface area (Å²) >= 11 is 0. The molecule has 132 valence electrons. The summed E-state index contributed by atoms with van der Waals surface area (Å²) in [7, 11) is 0. The fraction of sp³-hybridized carbons (Fsp3) is 0.350. The van der Waals surface area contributed by atoms with E-state index in [1.54, 1.807) is 0 Å². The van der Waals surface area contributed by atoms with Gasteiger partial charge in [-0.25, -0.2) is 0 Å². The third-order valence-electron chi connectivity index (χ3n) is 3.94. The van der Waals surface area contributed by atoms with Crippen molar-refractivity contribution in [3.8, 4) is 17.2 Å². The van der Waals surface area contributed by atoms with Gasteiger partial charge in [0.1, 0.15) is 11.5 Å². The number of hydrogen-bond donors (Lipinski definition) is 2. The molecule has 0 aromatic heterocycles. The minimum atomic E-state index is -0.0663. The summed E-state index contributed by atoms with van der Waals surface area (Å²) in [5.41, 5.74) is 0.662. The van der Waals surface area contributed by atoms with Crippen molar-refractivity contribution < 1.29 is 14.3 Å². The van der Waals surface area contributed by atoms with Crippen LogP contribution in [0.4, 0.5) is 5.69 Å². The molecule has 1 aliphatic carbocycles. The molecule has 1 fully saturated rings. The number of anilines is 1. The van der Waals surface area contributed by atoms with E-state index in [1.165, 1.54) is 12.8 Å². The predicted molar refractivity (Wildman–Crippen MR) is 98.4 cm³/mol. The normalized spacial score (nSPS) is 13.3. The maximum Gasteiger partial charge on any atom is 0.238 e. The molecule has 0 atom stereocenters. The second-order valence-corrected chi connectivity index (χ2v) is 6.13. The van der Waals surface area contributed by atoms with Gasteiger partial charge in [-0.3, -0.25) is 4.79 Å². The zero-order valence-corrected chi connectivity index (χ0v) is 14.5. The molecule has 2 aromatic carbocycles. The molecule has 5 nitrogen and oxygen atoms in total. The fourth-order valence-corrected chi connectivity index (χ4v) is 2.46. The first kappa shape index (κ1) is 17.3. The molecule has 5 heteroatoms. The van der Waals surface area contributed by atoms with Gasteiger partial charge in [0.05, 0.1) is 18.8 Å². The zero-order valence-electron chi connectivity index (χ0n) is 14.5. The van der Waals surface area contributed by atoms with Gasteiger partial charge < -0.3 is 20.1 Å². The number of nitrogens with one attached hydrogen (secondary N) is 2. The number of benzene rings is 2. The van der Waals surface area contributed by atoms with E-state index in [0.29, 0.717) is 30.3 Å². The first-order chi connectivity index (χ1) is 12.2. The van der Waals surface area contributed by atoms with Crippen LogP contribution in [0.5, 0.6) is 17.2 Å². The lowest BCUT2D eigenvalue weighted by molar-refractivity contribution is -0.115. The lowest BCUT2D eigenvalue weighted by atomic mass is 10.2. The van der Waals surface area contributed by atoms with Crippen molar-refractivity contribution in [1.29, 1.82) is 0 Å². The molecular weight excluding hydrogens is 316 g/mol. The van der Waals surface area contributed by atoms with Crippen LogP contribution in [0.2, 0.25) is 0 Å². The van der Waals surface area contributed by atoms with Crippen LogP contribution >= 0.6 is 0 Å². The second-order valence-electron chi connectivity index (χ2n) is 6.13. The molecule has 0 spiro atoms. The smallest absolute Gasteiger partial charge is 0.238 e. The number of rotatable bonds is 9. The molecule has 0 unspecified atom stereocenters. The fourth-order valence-electron chi connectivity index (χ4n) is 2.46. The molecule has 1 aliphatic rings. The molecule has 3 rings (SSSR count).